The molecule has 0 radical (unpaired) electrons. The van der Waals surface area contributed by atoms with Crippen molar-refractivity contribution >= 4 is 15.8 Å². The van der Waals surface area contributed by atoms with E-state index in [4.69, 9.17) is 5.73 Å². The molecular formula is C12H21N5O2S. The summed E-state index contributed by atoms with van der Waals surface area (Å²) in [5.74, 6) is 0.439. The summed E-state index contributed by atoms with van der Waals surface area (Å²) in [5, 5.41) is 3.87. The predicted molar refractivity (Wildman–Crippen MR) is 75.5 cm³/mol. The van der Waals surface area contributed by atoms with Crippen LogP contribution in [0.5, 0.6) is 0 Å². The average molecular weight is 299 g/mol. The fourth-order valence-electron chi connectivity index (χ4n) is 2.80. The molecule has 3 N–H and O–H groups in total. The van der Waals surface area contributed by atoms with E-state index in [9.17, 15) is 8.42 Å². The smallest absolute Gasteiger partial charge is 0.245 e. The van der Waals surface area contributed by atoms with E-state index in [2.05, 4.69) is 14.7 Å². The number of anilines is 1. The Morgan fingerprint density at radius 2 is 2.20 bits per heavy atom. The van der Waals surface area contributed by atoms with Crippen molar-refractivity contribution in [1.82, 2.24) is 19.4 Å². The molecule has 1 aromatic heterocycles. The van der Waals surface area contributed by atoms with E-state index in [-0.39, 0.29) is 10.7 Å². The standard InChI is InChI=1S/C12H21N5O2S/c1-16-8-11(12(13)15-16)20(18,19)14-6-9-4-5-17(7-9)10-2-3-10/h8-10,14H,2-7H2,1H3,(H2,13,15). The van der Waals surface area contributed by atoms with Crippen molar-refractivity contribution in [3.63, 3.8) is 0 Å². The highest BCUT2D eigenvalue weighted by atomic mass is 32.2. The average Bonchev–Trinajstić information content (AvgIpc) is 3.02. The van der Waals surface area contributed by atoms with Crippen LogP contribution >= 0.6 is 0 Å². The molecule has 2 fully saturated rings. The first kappa shape index (κ1) is 13.8. The molecule has 1 aliphatic carbocycles. The molecule has 1 unspecified atom stereocenters. The first-order valence-electron chi connectivity index (χ1n) is 6.98. The highest BCUT2D eigenvalue weighted by molar-refractivity contribution is 7.89. The van der Waals surface area contributed by atoms with Crippen molar-refractivity contribution in [2.45, 2.75) is 30.2 Å². The second-order valence-corrected chi connectivity index (χ2v) is 7.52. The Balaban J connectivity index is 1.58. The topological polar surface area (TPSA) is 93.2 Å². The van der Waals surface area contributed by atoms with Gasteiger partial charge in [0, 0.05) is 32.4 Å². The molecule has 1 saturated carbocycles. The summed E-state index contributed by atoms with van der Waals surface area (Å²) >= 11 is 0. The summed E-state index contributed by atoms with van der Waals surface area (Å²) in [6, 6.07) is 0.755. The van der Waals surface area contributed by atoms with E-state index in [1.54, 1.807) is 7.05 Å². The lowest BCUT2D eigenvalue weighted by Crippen LogP contribution is -2.31. The Hall–Kier alpha value is -1.12. The molecule has 1 aromatic rings. The van der Waals surface area contributed by atoms with Crippen LogP contribution in [-0.4, -0.2) is 48.8 Å². The van der Waals surface area contributed by atoms with Crippen LogP contribution in [-0.2, 0) is 17.1 Å². The van der Waals surface area contributed by atoms with E-state index in [0.29, 0.717) is 12.5 Å². The van der Waals surface area contributed by atoms with E-state index >= 15 is 0 Å². The molecule has 0 amide bonds. The van der Waals surface area contributed by atoms with Crippen LogP contribution < -0.4 is 10.5 Å². The number of hydrogen-bond donors (Lipinski definition) is 2. The number of nitrogens with zero attached hydrogens (tertiary/aromatic N) is 3. The van der Waals surface area contributed by atoms with E-state index < -0.39 is 10.0 Å². The van der Waals surface area contributed by atoms with Gasteiger partial charge in [0.25, 0.3) is 0 Å². The first-order valence-corrected chi connectivity index (χ1v) is 8.47. The van der Waals surface area contributed by atoms with Gasteiger partial charge in [-0.05, 0) is 31.7 Å². The van der Waals surface area contributed by atoms with Crippen molar-refractivity contribution < 1.29 is 8.42 Å². The van der Waals surface area contributed by atoms with Gasteiger partial charge in [-0.2, -0.15) is 5.10 Å². The molecule has 1 saturated heterocycles. The number of rotatable bonds is 5. The van der Waals surface area contributed by atoms with E-state index in [1.165, 1.54) is 23.7 Å². The van der Waals surface area contributed by atoms with Crippen LogP contribution in [0.2, 0.25) is 0 Å². The molecular weight excluding hydrogens is 278 g/mol. The van der Waals surface area contributed by atoms with Crippen LogP contribution in [0, 0.1) is 5.92 Å². The third-order valence-corrected chi connectivity index (χ3v) is 5.49. The van der Waals surface area contributed by atoms with Crippen molar-refractivity contribution in [2.75, 3.05) is 25.4 Å². The van der Waals surface area contributed by atoms with Crippen molar-refractivity contribution in [3.8, 4) is 0 Å². The number of likely N-dealkylation sites (tertiary alicyclic amines) is 1. The van der Waals surface area contributed by atoms with Gasteiger partial charge in [0.05, 0.1) is 0 Å². The molecule has 2 heterocycles. The van der Waals surface area contributed by atoms with Crippen LogP contribution in [0.4, 0.5) is 5.82 Å². The third-order valence-electron chi connectivity index (χ3n) is 4.05. The molecule has 0 bridgehead atoms. The van der Waals surface area contributed by atoms with Gasteiger partial charge < -0.3 is 10.6 Å². The predicted octanol–water partition coefficient (Wildman–Crippen LogP) is -0.235. The maximum atomic E-state index is 12.2. The molecule has 0 spiro atoms. The summed E-state index contributed by atoms with van der Waals surface area (Å²) in [6.45, 7) is 2.56. The molecule has 3 rings (SSSR count). The Labute approximate surface area is 119 Å². The SMILES string of the molecule is Cn1cc(S(=O)(=O)NCC2CCN(C3CC3)C2)c(N)n1. The van der Waals surface area contributed by atoms with Gasteiger partial charge >= 0.3 is 0 Å². The number of aryl methyl sites for hydroxylation is 1. The number of nitrogens with two attached hydrogens (primary N) is 1. The lowest BCUT2D eigenvalue weighted by molar-refractivity contribution is 0.314. The lowest BCUT2D eigenvalue weighted by Gasteiger charge is -2.15. The zero-order valence-electron chi connectivity index (χ0n) is 11.6. The summed E-state index contributed by atoms with van der Waals surface area (Å²) in [6.07, 6.45) is 5.08. The van der Waals surface area contributed by atoms with Gasteiger partial charge in [-0.3, -0.25) is 4.68 Å². The van der Waals surface area contributed by atoms with Crippen LogP contribution in [0.1, 0.15) is 19.3 Å². The summed E-state index contributed by atoms with van der Waals surface area (Å²) in [5.41, 5.74) is 5.62. The van der Waals surface area contributed by atoms with E-state index in [1.807, 2.05) is 0 Å². The van der Waals surface area contributed by atoms with Crippen LogP contribution in [0.15, 0.2) is 11.1 Å². The largest absolute Gasteiger partial charge is 0.381 e. The minimum absolute atomic E-state index is 0.0472. The van der Waals surface area contributed by atoms with Crippen molar-refractivity contribution in [3.05, 3.63) is 6.20 Å². The number of nitrogens with one attached hydrogen (secondary N) is 1. The maximum absolute atomic E-state index is 12.2. The van der Waals surface area contributed by atoms with E-state index in [0.717, 1.165) is 25.6 Å². The molecule has 7 nitrogen and oxygen atoms in total. The summed E-state index contributed by atoms with van der Waals surface area (Å²) in [7, 11) is -1.90. The molecule has 8 heteroatoms. The normalized spacial score (nSPS) is 24.4. The summed E-state index contributed by atoms with van der Waals surface area (Å²) in [4.78, 5) is 2.54. The lowest BCUT2D eigenvalue weighted by atomic mass is 10.1. The van der Waals surface area contributed by atoms with Gasteiger partial charge in [-0.15, -0.1) is 0 Å². The highest BCUT2D eigenvalue weighted by Gasteiger charge is 2.34. The molecule has 2 aliphatic rings. The second kappa shape index (κ2) is 5.01. The monoisotopic (exact) mass is 299 g/mol. The first-order chi connectivity index (χ1) is 9.45. The molecule has 20 heavy (non-hydrogen) atoms. The number of sulfonamides is 1. The molecule has 1 atom stereocenters. The zero-order chi connectivity index (χ0) is 14.3. The van der Waals surface area contributed by atoms with Gasteiger partial charge in [0.1, 0.15) is 4.90 Å². The maximum Gasteiger partial charge on any atom is 0.245 e. The van der Waals surface area contributed by atoms with Crippen molar-refractivity contribution in [2.24, 2.45) is 13.0 Å². The zero-order valence-corrected chi connectivity index (χ0v) is 12.4. The number of nitrogen functional groups attached to an aromatic ring is 1. The van der Waals surface area contributed by atoms with Gasteiger partial charge in [-0.25, -0.2) is 13.1 Å². The fraction of sp³-hybridized carbons (Fsp3) is 0.750. The van der Waals surface area contributed by atoms with Gasteiger partial charge in [0.15, 0.2) is 5.82 Å². The van der Waals surface area contributed by atoms with Crippen LogP contribution in [0.3, 0.4) is 0 Å². The van der Waals surface area contributed by atoms with Gasteiger partial charge in [-0.1, -0.05) is 0 Å². The van der Waals surface area contributed by atoms with Crippen molar-refractivity contribution in [1.29, 1.82) is 0 Å². The summed E-state index contributed by atoms with van der Waals surface area (Å²) < 4.78 is 28.5. The molecule has 112 valence electrons. The highest BCUT2D eigenvalue weighted by Crippen LogP contribution is 2.31. The minimum atomic E-state index is -3.56. The second-order valence-electron chi connectivity index (χ2n) is 5.78. The number of aromatic nitrogens is 2. The molecule has 1 aliphatic heterocycles. The third kappa shape index (κ3) is 2.82. The minimum Gasteiger partial charge on any atom is -0.381 e. The fourth-order valence-corrected chi connectivity index (χ4v) is 4.01. The number of hydrogen-bond acceptors (Lipinski definition) is 5. The quantitative estimate of drug-likeness (QED) is 0.783. The Morgan fingerprint density at radius 1 is 1.45 bits per heavy atom. The molecule has 0 aromatic carbocycles. The Bertz CT molecular complexity index is 593. The Morgan fingerprint density at radius 3 is 2.80 bits per heavy atom. The van der Waals surface area contributed by atoms with Crippen LogP contribution in [0.25, 0.3) is 0 Å². The van der Waals surface area contributed by atoms with Gasteiger partial charge in [0.2, 0.25) is 10.0 Å². The Kier molecular flexibility index (Phi) is 3.47.